The summed E-state index contributed by atoms with van der Waals surface area (Å²) in [7, 11) is -4.00. The quantitative estimate of drug-likeness (QED) is 0.292. The number of carbonyl (C=O) groups excluding carboxylic acids is 1. The Bertz CT molecular complexity index is 1640. The van der Waals surface area contributed by atoms with Gasteiger partial charge in [-0.3, -0.25) is 9.69 Å². The molecule has 0 radical (unpaired) electrons. The van der Waals surface area contributed by atoms with Gasteiger partial charge in [0.25, 0.3) is 5.91 Å². The zero-order valence-electron chi connectivity index (χ0n) is 20.8. The molecule has 0 atom stereocenters. The number of hydrogen-bond acceptors (Lipinski definition) is 5. The lowest BCUT2D eigenvalue weighted by Crippen LogP contribution is -2.28. The molecule has 1 fully saturated rings. The lowest BCUT2D eigenvalue weighted by atomic mass is 9.99. The van der Waals surface area contributed by atoms with Crippen molar-refractivity contribution in [3.05, 3.63) is 87.9 Å². The minimum atomic E-state index is -4.00. The van der Waals surface area contributed by atoms with Crippen molar-refractivity contribution >= 4 is 38.5 Å². The molecule has 7 nitrogen and oxygen atoms in total. The summed E-state index contributed by atoms with van der Waals surface area (Å²) in [4.78, 5) is 18.8. The maximum atomic E-state index is 12.9. The molecular formula is C29H28ClN3O4S. The monoisotopic (exact) mass is 549 g/mol. The van der Waals surface area contributed by atoms with E-state index in [0.717, 1.165) is 36.2 Å². The fourth-order valence-electron chi connectivity index (χ4n) is 5.40. The lowest BCUT2D eigenvalue weighted by molar-refractivity contribution is 0.0966. The van der Waals surface area contributed by atoms with Gasteiger partial charge in [0.05, 0.1) is 5.56 Å². The summed E-state index contributed by atoms with van der Waals surface area (Å²) >= 11 is 6.15. The molecule has 3 heterocycles. The van der Waals surface area contributed by atoms with Crippen molar-refractivity contribution in [2.75, 3.05) is 13.1 Å². The van der Waals surface area contributed by atoms with E-state index < -0.39 is 10.1 Å². The molecule has 196 valence electrons. The highest BCUT2D eigenvalue weighted by atomic mass is 35.5. The van der Waals surface area contributed by atoms with Crippen molar-refractivity contribution in [2.24, 2.45) is 0 Å². The van der Waals surface area contributed by atoms with E-state index in [-0.39, 0.29) is 24.0 Å². The number of hydrogen-bond donors (Lipinski definition) is 2. The van der Waals surface area contributed by atoms with Gasteiger partial charge >= 0.3 is 10.1 Å². The van der Waals surface area contributed by atoms with Gasteiger partial charge in [-0.25, -0.2) is 0 Å². The molecule has 0 unspecified atom stereocenters. The van der Waals surface area contributed by atoms with Gasteiger partial charge in [-0.2, -0.15) is 8.42 Å². The molecule has 1 amide bonds. The normalized spacial score (nSPS) is 16.0. The maximum Gasteiger partial charge on any atom is 0.313 e. The molecular weight excluding hydrogens is 522 g/mol. The number of halogens is 1. The number of amides is 1. The molecule has 6 rings (SSSR count). The number of carbonyl (C=O) groups is 1. The van der Waals surface area contributed by atoms with Gasteiger partial charge < -0.3 is 14.5 Å². The van der Waals surface area contributed by atoms with E-state index in [0.29, 0.717) is 27.3 Å². The standard InChI is InChI=1S/C29H28ClN3O4S/c30-24-7-3-2-6-20(24)18-38(35,36)37-27-11-9-22(28-23(27)16-31-29(28)34)26-15-21-14-19(8-10-25(21)32-26)17-33-12-4-1-5-13-33/h2-3,6-11,14-15,32H,1,4-5,12-13,16-18H2,(H,31,34). The van der Waals surface area contributed by atoms with Crippen molar-refractivity contribution in [1.29, 1.82) is 0 Å². The minimum absolute atomic E-state index is 0.147. The first kappa shape index (κ1) is 25.0. The molecule has 38 heavy (non-hydrogen) atoms. The van der Waals surface area contributed by atoms with Gasteiger partial charge in [-0.05, 0) is 73.5 Å². The molecule has 1 saturated heterocycles. The van der Waals surface area contributed by atoms with E-state index in [4.69, 9.17) is 15.8 Å². The van der Waals surface area contributed by atoms with Crippen LogP contribution in [0.3, 0.4) is 0 Å². The van der Waals surface area contributed by atoms with E-state index >= 15 is 0 Å². The van der Waals surface area contributed by atoms with E-state index in [1.165, 1.54) is 24.8 Å². The summed E-state index contributed by atoms with van der Waals surface area (Å²) in [6.45, 7) is 3.41. The minimum Gasteiger partial charge on any atom is -0.382 e. The third kappa shape index (κ3) is 5.04. The number of fused-ring (bicyclic) bond motifs is 2. The number of aromatic nitrogens is 1. The van der Waals surface area contributed by atoms with Gasteiger partial charge in [-0.1, -0.05) is 42.3 Å². The highest BCUT2D eigenvalue weighted by Gasteiger charge is 2.29. The Morgan fingerprint density at radius 2 is 1.79 bits per heavy atom. The topological polar surface area (TPSA) is 91.5 Å². The number of H-pyrrole nitrogens is 1. The Morgan fingerprint density at radius 3 is 2.61 bits per heavy atom. The van der Waals surface area contributed by atoms with Crippen molar-refractivity contribution in [3.63, 3.8) is 0 Å². The molecule has 2 aliphatic rings. The first-order valence-corrected chi connectivity index (χ1v) is 14.8. The van der Waals surface area contributed by atoms with Crippen LogP contribution in [0.5, 0.6) is 5.75 Å². The SMILES string of the molecule is O=C1NCc2c(OS(=O)(=O)Cc3ccccc3Cl)ccc(-c3cc4cc(CN5CCCCC5)ccc4[nH]3)c21. The van der Waals surface area contributed by atoms with Crippen LogP contribution in [0.4, 0.5) is 0 Å². The summed E-state index contributed by atoms with van der Waals surface area (Å²) in [5, 5.41) is 4.24. The number of nitrogens with zero attached hydrogens (tertiary/aromatic N) is 1. The smallest absolute Gasteiger partial charge is 0.313 e. The van der Waals surface area contributed by atoms with Gasteiger partial charge in [0.1, 0.15) is 11.5 Å². The molecule has 4 aromatic rings. The summed E-state index contributed by atoms with van der Waals surface area (Å²) < 4.78 is 31.2. The van der Waals surface area contributed by atoms with Crippen LogP contribution >= 0.6 is 11.6 Å². The fourth-order valence-corrected chi connectivity index (χ4v) is 6.80. The maximum absolute atomic E-state index is 12.9. The number of likely N-dealkylation sites (tertiary alicyclic amines) is 1. The zero-order chi connectivity index (χ0) is 26.3. The van der Waals surface area contributed by atoms with Crippen molar-refractivity contribution < 1.29 is 17.4 Å². The molecule has 2 aliphatic heterocycles. The molecule has 1 aromatic heterocycles. The molecule has 0 bridgehead atoms. The Labute approximate surface area is 226 Å². The predicted octanol–water partition coefficient (Wildman–Crippen LogP) is 5.63. The van der Waals surface area contributed by atoms with Crippen LogP contribution in [0.25, 0.3) is 22.2 Å². The van der Waals surface area contributed by atoms with Crippen LogP contribution in [0.15, 0.2) is 60.7 Å². The largest absolute Gasteiger partial charge is 0.382 e. The number of nitrogens with one attached hydrogen (secondary N) is 2. The third-order valence-corrected chi connectivity index (χ3v) is 8.73. The van der Waals surface area contributed by atoms with E-state index in [1.54, 1.807) is 36.4 Å². The fraction of sp³-hybridized carbons (Fsp3) is 0.276. The molecule has 3 aromatic carbocycles. The Morgan fingerprint density at radius 1 is 0.974 bits per heavy atom. The van der Waals surface area contributed by atoms with E-state index in [1.807, 2.05) is 6.07 Å². The molecule has 2 N–H and O–H groups in total. The molecule has 9 heteroatoms. The Hall–Kier alpha value is -3.33. The second kappa shape index (κ2) is 10.1. The van der Waals surface area contributed by atoms with Crippen LogP contribution in [0.1, 0.15) is 46.3 Å². The van der Waals surface area contributed by atoms with E-state index in [2.05, 4.69) is 33.4 Å². The second-order valence-electron chi connectivity index (χ2n) is 9.97. The number of benzene rings is 3. The predicted molar refractivity (Wildman–Crippen MR) is 149 cm³/mol. The number of aromatic amines is 1. The number of piperidine rings is 1. The highest BCUT2D eigenvalue weighted by molar-refractivity contribution is 7.86. The Kier molecular flexibility index (Phi) is 6.63. The summed E-state index contributed by atoms with van der Waals surface area (Å²) in [5.74, 6) is -0.478. The van der Waals surface area contributed by atoms with Crippen molar-refractivity contribution in [1.82, 2.24) is 15.2 Å². The first-order valence-electron chi connectivity index (χ1n) is 12.8. The van der Waals surface area contributed by atoms with Gasteiger partial charge in [0.15, 0.2) is 0 Å². The van der Waals surface area contributed by atoms with E-state index in [9.17, 15) is 13.2 Å². The van der Waals surface area contributed by atoms with Crippen LogP contribution in [-0.2, 0) is 29.0 Å². The van der Waals surface area contributed by atoms with Crippen LogP contribution in [0.2, 0.25) is 5.02 Å². The summed E-state index contributed by atoms with van der Waals surface area (Å²) in [6, 6.07) is 18.6. The Balaban J connectivity index is 1.29. The second-order valence-corrected chi connectivity index (χ2v) is 11.9. The average molecular weight is 550 g/mol. The summed E-state index contributed by atoms with van der Waals surface area (Å²) in [5.41, 5.74) is 5.16. The average Bonchev–Trinajstić information content (AvgIpc) is 3.50. The highest BCUT2D eigenvalue weighted by Crippen LogP contribution is 2.37. The van der Waals surface area contributed by atoms with Crippen molar-refractivity contribution in [2.45, 2.75) is 38.1 Å². The van der Waals surface area contributed by atoms with Gasteiger partial charge in [0, 0.05) is 45.8 Å². The summed E-state index contributed by atoms with van der Waals surface area (Å²) in [6.07, 6.45) is 3.82. The molecule has 0 saturated carbocycles. The molecule has 0 aliphatic carbocycles. The van der Waals surface area contributed by atoms with Crippen LogP contribution in [0, 0.1) is 0 Å². The van der Waals surface area contributed by atoms with Gasteiger partial charge in [-0.15, -0.1) is 0 Å². The number of rotatable bonds is 7. The zero-order valence-corrected chi connectivity index (χ0v) is 22.4. The van der Waals surface area contributed by atoms with Crippen LogP contribution in [-0.4, -0.2) is 37.3 Å². The third-order valence-electron chi connectivity index (χ3n) is 7.26. The lowest BCUT2D eigenvalue weighted by Gasteiger charge is -2.26. The van der Waals surface area contributed by atoms with Crippen molar-refractivity contribution in [3.8, 4) is 17.0 Å². The molecule has 0 spiro atoms. The van der Waals surface area contributed by atoms with Gasteiger partial charge in [0.2, 0.25) is 0 Å². The first-order chi connectivity index (χ1) is 18.4. The van der Waals surface area contributed by atoms with Crippen LogP contribution < -0.4 is 9.50 Å².